The Morgan fingerprint density at radius 3 is 2.88 bits per heavy atom. The Kier molecular flexibility index (Phi) is 4.01. The average molecular weight is 347 g/mol. The molecule has 0 spiro atoms. The summed E-state index contributed by atoms with van der Waals surface area (Å²) in [7, 11) is 0. The van der Waals surface area contributed by atoms with Crippen molar-refractivity contribution in [3.05, 3.63) is 71.7 Å². The lowest BCUT2D eigenvalue weighted by atomic mass is 10.1. The average Bonchev–Trinajstić information content (AvgIpc) is 3.27. The van der Waals surface area contributed by atoms with Crippen LogP contribution in [0.2, 0.25) is 0 Å². The quantitative estimate of drug-likeness (QED) is 0.535. The number of amides is 1. The van der Waals surface area contributed by atoms with Gasteiger partial charge < -0.3 is 4.74 Å². The number of fused-ring (bicyclic) bond motifs is 1. The molecular weight excluding hydrogens is 330 g/mol. The molecule has 3 aromatic rings. The largest absolute Gasteiger partial charge is 0.447 e. The Bertz CT molecular complexity index is 1040. The van der Waals surface area contributed by atoms with Crippen LogP contribution in [-0.2, 0) is 4.74 Å². The Labute approximate surface area is 150 Å². The van der Waals surface area contributed by atoms with Gasteiger partial charge in [0.1, 0.15) is 12.3 Å². The summed E-state index contributed by atoms with van der Waals surface area (Å²) in [6, 6.07) is 12.9. The molecule has 3 heterocycles. The number of cyclic esters (lactones) is 1. The number of hydrogen-bond donors (Lipinski definition) is 0. The molecule has 130 valence electrons. The van der Waals surface area contributed by atoms with E-state index in [0.29, 0.717) is 24.4 Å². The van der Waals surface area contributed by atoms with Crippen molar-refractivity contribution in [1.29, 1.82) is 0 Å². The molecule has 6 nitrogen and oxygen atoms in total. The van der Waals surface area contributed by atoms with Crippen molar-refractivity contribution < 1.29 is 14.3 Å². The molecule has 1 amide bonds. The molecule has 0 bridgehead atoms. The van der Waals surface area contributed by atoms with Gasteiger partial charge in [-0.3, -0.25) is 14.1 Å². The number of carbonyl (C=O) groups excluding carboxylic acids is 2. The van der Waals surface area contributed by atoms with Crippen molar-refractivity contribution in [2.75, 3.05) is 18.1 Å². The van der Waals surface area contributed by atoms with Crippen LogP contribution in [0.4, 0.5) is 10.5 Å². The van der Waals surface area contributed by atoms with Crippen LogP contribution < -0.4 is 4.90 Å². The molecule has 1 saturated heterocycles. The van der Waals surface area contributed by atoms with E-state index < -0.39 is 0 Å². The van der Waals surface area contributed by atoms with E-state index in [9.17, 15) is 9.59 Å². The highest BCUT2D eigenvalue weighted by Gasteiger charge is 2.23. The zero-order valence-electron chi connectivity index (χ0n) is 14.3. The van der Waals surface area contributed by atoms with Gasteiger partial charge in [0.25, 0.3) is 0 Å². The first-order valence-corrected chi connectivity index (χ1v) is 8.33. The minimum atomic E-state index is -0.383. The molecule has 1 aromatic carbocycles. The number of aromatic nitrogens is 2. The molecule has 0 atom stereocenters. The Morgan fingerprint density at radius 2 is 2.08 bits per heavy atom. The third-order valence-electron chi connectivity index (χ3n) is 4.36. The second-order valence-corrected chi connectivity index (χ2v) is 6.06. The third kappa shape index (κ3) is 2.86. The standard InChI is InChI=1S/C20H17N3O3/c1-14-4-2-7-19-21-13-17(23(14)19)8-9-18(24)15-5-3-6-16(12-15)22-10-11-26-20(22)25/h2-9,12-13H,10-11H2,1H3/b9-8+. The van der Waals surface area contributed by atoms with Crippen LogP contribution in [0.5, 0.6) is 0 Å². The number of ether oxygens (including phenoxy) is 1. The Balaban J connectivity index is 1.60. The Morgan fingerprint density at radius 1 is 1.23 bits per heavy atom. The predicted molar refractivity (Wildman–Crippen MR) is 98.4 cm³/mol. The molecule has 2 aromatic heterocycles. The minimum Gasteiger partial charge on any atom is -0.447 e. The first-order valence-electron chi connectivity index (χ1n) is 8.33. The normalized spacial score (nSPS) is 14.3. The highest BCUT2D eigenvalue weighted by Crippen LogP contribution is 2.21. The number of allylic oxidation sites excluding steroid dienone is 1. The van der Waals surface area contributed by atoms with Gasteiger partial charge in [-0.15, -0.1) is 0 Å². The van der Waals surface area contributed by atoms with Gasteiger partial charge in [0, 0.05) is 16.9 Å². The molecular formula is C20H17N3O3. The molecule has 4 rings (SSSR count). The summed E-state index contributed by atoms with van der Waals surface area (Å²) < 4.78 is 6.93. The number of rotatable bonds is 4. The summed E-state index contributed by atoms with van der Waals surface area (Å²) in [5.74, 6) is -0.136. The number of pyridine rings is 1. The topological polar surface area (TPSA) is 63.9 Å². The highest BCUT2D eigenvalue weighted by atomic mass is 16.6. The number of hydrogen-bond acceptors (Lipinski definition) is 4. The van der Waals surface area contributed by atoms with E-state index in [-0.39, 0.29) is 11.9 Å². The number of anilines is 1. The molecule has 0 N–H and O–H groups in total. The van der Waals surface area contributed by atoms with Crippen LogP contribution in [-0.4, -0.2) is 34.4 Å². The number of carbonyl (C=O) groups is 2. The lowest BCUT2D eigenvalue weighted by molar-refractivity contribution is 0.104. The molecule has 26 heavy (non-hydrogen) atoms. The summed E-state index contributed by atoms with van der Waals surface area (Å²) in [5.41, 5.74) is 3.90. The first kappa shape index (κ1) is 16.1. The van der Waals surface area contributed by atoms with E-state index in [4.69, 9.17) is 4.74 Å². The summed E-state index contributed by atoms with van der Waals surface area (Å²) in [4.78, 5) is 30.1. The molecule has 1 fully saturated rings. The molecule has 0 radical (unpaired) electrons. The zero-order chi connectivity index (χ0) is 18.1. The molecule has 1 aliphatic rings. The van der Waals surface area contributed by atoms with E-state index >= 15 is 0 Å². The first-order chi connectivity index (χ1) is 12.6. The molecule has 0 saturated carbocycles. The fourth-order valence-electron chi connectivity index (χ4n) is 3.06. The second-order valence-electron chi connectivity index (χ2n) is 6.06. The smallest absolute Gasteiger partial charge is 0.414 e. The summed E-state index contributed by atoms with van der Waals surface area (Å²) >= 11 is 0. The van der Waals surface area contributed by atoms with Crippen LogP contribution in [0.15, 0.2) is 54.7 Å². The molecule has 6 heteroatoms. The highest BCUT2D eigenvalue weighted by molar-refractivity contribution is 6.07. The molecule has 0 aliphatic carbocycles. The summed E-state index contributed by atoms with van der Waals surface area (Å²) in [6.07, 6.45) is 4.64. The minimum absolute atomic E-state index is 0.136. The van der Waals surface area contributed by atoms with Crippen molar-refractivity contribution in [3.63, 3.8) is 0 Å². The maximum atomic E-state index is 12.6. The van der Waals surface area contributed by atoms with Gasteiger partial charge in [-0.2, -0.15) is 0 Å². The van der Waals surface area contributed by atoms with Crippen LogP contribution >= 0.6 is 0 Å². The van der Waals surface area contributed by atoms with Gasteiger partial charge in [0.05, 0.1) is 18.4 Å². The maximum absolute atomic E-state index is 12.6. The van der Waals surface area contributed by atoms with Crippen molar-refractivity contribution in [3.8, 4) is 0 Å². The van der Waals surface area contributed by atoms with Crippen LogP contribution in [0.25, 0.3) is 11.7 Å². The lowest BCUT2D eigenvalue weighted by Gasteiger charge is -2.13. The van der Waals surface area contributed by atoms with Crippen molar-refractivity contribution in [2.24, 2.45) is 0 Å². The van der Waals surface area contributed by atoms with Gasteiger partial charge in [-0.25, -0.2) is 9.78 Å². The molecule has 0 unspecified atom stereocenters. The number of ketones is 1. The van der Waals surface area contributed by atoms with E-state index in [2.05, 4.69) is 4.98 Å². The second kappa shape index (κ2) is 6.48. The van der Waals surface area contributed by atoms with Gasteiger partial charge in [-0.05, 0) is 43.3 Å². The third-order valence-corrected chi connectivity index (χ3v) is 4.36. The number of aryl methyl sites for hydroxylation is 1. The predicted octanol–water partition coefficient (Wildman–Crippen LogP) is 3.50. The summed E-state index contributed by atoms with van der Waals surface area (Å²) in [5, 5.41) is 0. The van der Waals surface area contributed by atoms with Crippen LogP contribution in [0, 0.1) is 6.92 Å². The van der Waals surface area contributed by atoms with Crippen molar-refractivity contribution in [1.82, 2.24) is 9.38 Å². The van der Waals surface area contributed by atoms with Crippen molar-refractivity contribution in [2.45, 2.75) is 6.92 Å². The van der Waals surface area contributed by atoms with E-state index in [0.717, 1.165) is 17.0 Å². The SMILES string of the molecule is Cc1cccc2ncc(/C=C/C(=O)c3cccc(N4CCOC4=O)c3)n12. The van der Waals surface area contributed by atoms with Gasteiger partial charge in [0.2, 0.25) is 0 Å². The van der Waals surface area contributed by atoms with Crippen molar-refractivity contribution >= 4 is 29.3 Å². The van der Waals surface area contributed by atoms with E-state index in [1.54, 1.807) is 36.5 Å². The zero-order valence-corrected chi connectivity index (χ0v) is 14.3. The fourth-order valence-corrected chi connectivity index (χ4v) is 3.06. The fraction of sp³-hybridized carbons (Fsp3) is 0.150. The van der Waals surface area contributed by atoms with Gasteiger partial charge in [-0.1, -0.05) is 18.2 Å². The van der Waals surface area contributed by atoms with E-state index in [1.165, 1.54) is 11.0 Å². The number of nitrogens with zero attached hydrogens (tertiary/aromatic N) is 3. The number of imidazole rings is 1. The van der Waals surface area contributed by atoms with Gasteiger partial charge in [0.15, 0.2) is 5.78 Å². The lowest BCUT2D eigenvalue weighted by Crippen LogP contribution is -2.23. The Hall–Kier alpha value is -3.41. The monoisotopic (exact) mass is 347 g/mol. The van der Waals surface area contributed by atoms with Crippen LogP contribution in [0.1, 0.15) is 21.7 Å². The summed E-state index contributed by atoms with van der Waals surface area (Å²) in [6.45, 7) is 2.85. The molecule has 1 aliphatic heterocycles. The van der Waals surface area contributed by atoms with E-state index in [1.807, 2.05) is 29.5 Å². The van der Waals surface area contributed by atoms with Crippen LogP contribution in [0.3, 0.4) is 0 Å². The maximum Gasteiger partial charge on any atom is 0.414 e. The number of benzene rings is 1. The van der Waals surface area contributed by atoms with Gasteiger partial charge >= 0.3 is 6.09 Å².